The molecule has 1 aromatic carbocycles. The van der Waals surface area contributed by atoms with Crippen LogP contribution in [-0.2, 0) is 22.6 Å². The van der Waals surface area contributed by atoms with E-state index in [4.69, 9.17) is 9.47 Å². The van der Waals surface area contributed by atoms with Gasteiger partial charge in [0.05, 0.1) is 6.61 Å². The maximum absolute atomic E-state index is 13.8. The molecule has 0 spiro atoms. The lowest BCUT2D eigenvalue weighted by molar-refractivity contribution is -0.130. The highest BCUT2D eigenvalue weighted by molar-refractivity contribution is 14.0. The van der Waals surface area contributed by atoms with Crippen molar-refractivity contribution in [3.05, 3.63) is 29.1 Å². The number of nitrogens with zero attached hydrogens (tertiary/aromatic N) is 3. The lowest BCUT2D eigenvalue weighted by Gasteiger charge is -2.36. The molecule has 1 fully saturated rings. The first kappa shape index (κ1) is 21.7. The first-order valence-electron chi connectivity index (χ1n) is 8.81. The zero-order valence-corrected chi connectivity index (χ0v) is 18.0. The topological polar surface area (TPSA) is 66.4 Å². The zero-order valence-electron chi connectivity index (χ0n) is 15.7. The van der Waals surface area contributed by atoms with E-state index in [0.29, 0.717) is 32.7 Å². The molecule has 0 atom stereocenters. The second-order valence-electron chi connectivity index (χ2n) is 6.38. The lowest BCUT2D eigenvalue weighted by atomic mass is 10.1. The van der Waals surface area contributed by atoms with E-state index < -0.39 is 0 Å². The van der Waals surface area contributed by atoms with E-state index in [1.165, 1.54) is 12.1 Å². The first-order chi connectivity index (χ1) is 12.6. The van der Waals surface area contributed by atoms with E-state index in [1.807, 2.05) is 4.90 Å². The van der Waals surface area contributed by atoms with Crippen LogP contribution in [0.4, 0.5) is 4.39 Å². The van der Waals surface area contributed by atoms with E-state index in [9.17, 15) is 9.18 Å². The van der Waals surface area contributed by atoms with Crippen LogP contribution >= 0.6 is 24.0 Å². The second-order valence-corrected chi connectivity index (χ2v) is 6.38. The molecule has 0 radical (unpaired) electrons. The molecule has 1 saturated heterocycles. The van der Waals surface area contributed by atoms with Crippen molar-refractivity contribution in [3.8, 4) is 5.75 Å². The van der Waals surface area contributed by atoms with Gasteiger partial charge in [-0.05, 0) is 24.1 Å². The molecule has 0 saturated carbocycles. The number of carbonyl (C=O) groups is 1. The molecule has 27 heavy (non-hydrogen) atoms. The number of rotatable bonds is 3. The minimum atomic E-state index is -0.280. The van der Waals surface area contributed by atoms with Crippen LogP contribution in [-0.4, -0.2) is 68.2 Å². The molecule has 7 nitrogen and oxygen atoms in total. The number of halogens is 2. The summed E-state index contributed by atoms with van der Waals surface area (Å²) in [7, 11) is 1.74. The summed E-state index contributed by atoms with van der Waals surface area (Å²) in [6.07, 6.45) is 0.618. The Bertz CT molecular complexity index is 693. The molecule has 3 rings (SSSR count). The molecule has 0 aromatic heterocycles. The number of piperazine rings is 1. The fourth-order valence-electron chi connectivity index (χ4n) is 3.32. The van der Waals surface area contributed by atoms with Crippen LogP contribution in [0.5, 0.6) is 5.75 Å². The van der Waals surface area contributed by atoms with Gasteiger partial charge in [0.25, 0.3) is 0 Å². The molecule has 2 aliphatic rings. The Morgan fingerprint density at radius 1 is 1.26 bits per heavy atom. The molecule has 0 aliphatic carbocycles. The van der Waals surface area contributed by atoms with Crippen molar-refractivity contribution in [2.24, 2.45) is 4.99 Å². The standard InChI is InChI=1S/C18H25FN4O3.HI/c1-13(24)22-5-7-23(8-6-22)18(20-2)21-4-3-14-9-16(19)10-15-11-25-12-26-17(14)15;/h9-10H,3-8,11-12H2,1-2H3,(H,20,21);1H. The quantitative estimate of drug-likeness (QED) is 0.395. The number of amides is 1. The van der Waals surface area contributed by atoms with Gasteiger partial charge >= 0.3 is 0 Å². The summed E-state index contributed by atoms with van der Waals surface area (Å²) in [6, 6.07) is 2.97. The van der Waals surface area contributed by atoms with Gasteiger partial charge in [-0.3, -0.25) is 9.79 Å². The lowest BCUT2D eigenvalue weighted by Crippen LogP contribution is -2.53. The number of aliphatic imine (C=N–C) groups is 1. The van der Waals surface area contributed by atoms with Crippen molar-refractivity contribution in [1.29, 1.82) is 0 Å². The van der Waals surface area contributed by atoms with Gasteiger partial charge in [0.1, 0.15) is 11.6 Å². The number of hydrogen-bond donors (Lipinski definition) is 1. The number of hydrogen-bond acceptors (Lipinski definition) is 4. The third-order valence-corrected chi connectivity index (χ3v) is 4.67. The van der Waals surface area contributed by atoms with Crippen LogP contribution < -0.4 is 10.1 Å². The number of ether oxygens (including phenoxy) is 2. The normalized spacial score (nSPS) is 16.9. The monoisotopic (exact) mass is 492 g/mol. The van der Waals surface area contributed by atoms with Crippen molar-refractivity contribution in [2.45, 2.75) is 20.0 Å². The minimum Gasteiger partial charge on any atom is -0.467 e. The smallest absolute Gasteiger partial charge is 0.219 e. The third kappa shape index (κ3) is 5.44. The first-order valence-corrected chi connectivity index (χ1v) is 8.81. The van der Waals surface area contributed by atoms with Gasteiger partial charge in [0.15, 0.2) is 12.8 Å². The van der Waals surface area contributed by atoms with Crippen molar-refractivity contribution >= 4 is 35.8 Å². The Morgan fingerprint density at radius 3 is 2.63 bits per heavy atom. The molecule has 1 amide bonds. The van der Waals surface area contributed by atoms with Crippen molar-refractivity contribution < 1.29 is 18.7 Å². The van der Waals surface area contributed by atoms with Crippen LogP contribution in [0.1, 0.15) is 18.1 Å². The molecule has 150 valence electrons. The molecule has 0 bridgehead atoms. The Balaban J connectivity index is 0.00000261. The average molecular weight is 492 g/mol. The van der Waals surface area contributed by atoms with Crippen molar-refractivity contribution in [1.82, 2.24) is 15.1 Å². The molecule has 0 unspecified atom stereocenters. The van der Waals surface area contributed by atoms with Crippen LogP contribution in [0.25, 0.3) is 0 Å². The number of benzene rings is 1. The predicted molar refractivity (Wildman–Crippen MR) is 111 cm³/mol. The SMILES string of the molecule is CN=C(NCCc1cc(F)cc2c1OCOC2)N1CCN(C(C)=O)CC1.I. The molecular weight excluding hydrogens is 466 g/mol. The molecule has 2 aliphatic heterocycles. The summed E-state index contributed by atoms with van der Waals surface area (Å²) in [6.45, 7) is 5.65. The van der Waals surface area contributed by atoms with E-state index in [1.54, 1.807) is 14.0 Å². The van der Waals surface area contributed by atoms with Crippen molar-refractivity contribution in [2.75, 3.05) is 46.6 Å². The van der Waals surface area contributed by atoms with Gasteiger partial charge in [-0.25, -0.2) is 4.39 Å². The fourth-order valence-corrected chi connectivity index (χ4v) is 3.32. The number of nitrogens with one attached hydrogen (secondary N) is 1. The van der Waals surface area contributed by atoms with Crippen molar-refractivity contribution in [3.63, 3.8) is 0 Å². The van der Waals surface area contributed by atoms with Gasteiger partial charge in [-0.2, -0.15) is 0 Å². The minimum absolute atomic E-state index is 0. The van der Waals surface area contributed by atoms with E-state index in [2.05, 4.69) is 15.2 Å². The Kier molecular flexibility index (Phi) is 8.08. The van der Waals surface area contributed by atoms with Gasteiger partial charge < -0.3 is 24.6 Å². The largest absolute Gasteiger partial charge is 0.467 e. The number of carbonyl (C=O) groups excluding carboxylic acids is 1. The van der Waals surface area contributed by atoms with Gasteiger partial charge in [0.2, 0.25) is 5.91 Å². The summed E-state index contributed by atoms with van der Waals surface area (Å²) in [5.74, 6) is 1.34. The highest BCUT2D eigenvalue weighted by atomic mass is 127. The molecular formula is C18H26FIN4O3. The fraction of sp³-hybridized carbons (Fsp3) is 0.556. The number of guanidine groups is 1. The molecule has 1 aromatic rings. The highest BCUT2D eigenvalue weighted by Gasteiger charge is 2.21. The Morgan fingerprint density at radius 2 is 1.96 bits per heavy atom. The maximum Gasteiger partial charge on any atom is 0.219 e. The average Bonchev–Trinajstić information content (AvgIpc) is 2.65. The van der Waals surface area contributed by atoms with Gasteiger partial charge in [-0.15, -0.1) is 24.0 Å². The third-order valence-electron chi connectivity index (χ3n) is 4.67. The Labute approximate surface area is 175 Å². The van der Waals surface area contributed by atoms with Crippen LogP contribution in [0.3, 0.4) is 0 Å². The summed E-state index contributed by atoms with van der Waals surface area (Å²) in [5.41, 5.74) is 1.57. The van der Waals surface area contributed by atoms with Crippen LogP contribution in [0, 0.1) is 5.82 Å². The van der Waals surface area contributed by atoms with Gasteiger partial charge in [-0.1, -0.05) is 0 Å². The van der Waals surface area contributed by atoms with E-state index in [-0.39, 0.29) is 42.5 Å². The number of fused-ring (bicyclic) bond motifs is 1. The molecule has 9 heteroatoms. The summed E-state index contributed by atoms with van der Waals surface area (Å²) in [5, 5.41) is 3.32. The van der Waals surface area contributed by atoms with Gasteiger partial charge in [0, 0.05) is 52.3 Å². The summed E-state index contributed by atoms with van der Waals surface area (Å²) >= 11 is 0. The maximum atomic E-state index is 13.8. The zero-order chi connectivity index (χ0) is 18.5. The van der Waals surface area contributed by atoms with Crippen LogP contribution in [0.15, 0.2) is 17.1 Å². The predicted octanol–water partition coefficient (Wildman–Crippen LogP) is 1.59. The second kappa shape index (κ2) is 10.1. The Hall–Kier alpha value is -1.62. The highest BCUT2D eigenvalue weighted by Crippen LogP contribution is 2.29. The molecule has 2 heterocycles. The van der Waals surface area contributed by atoms with E-state index in [0.717, 1.165) is 35.9 Å². The summed E-state index contributed by atoms with van der Waals surface area (Å²) < 4.78 is 24.6. The summed E-state index contributed by atoms with van der Waals surface area (Å²) in [4.78, 5) is 19.7. The van der Waals surface area contributed by atoms with Crippen LogP contribution in [0.2, 0.25) is 0 Å². The molecule has 1 N–H and O–H groups in total. The van der Waals surface area contributed by atoms with E-state index >= 15 is 0 Å².